The van der Waals surface area contributed by atoms with Gasteiger partial charge in [0.2, 0.25) is 0 Å². The number of nitrogens with one attached hydrogen (secondary N) is 2. The molecule has 0 spiro atoms. The average Bonchev–Trinajstić information content (AvgIpc) is 2.37. The van der Waals surface area contributed by atoms with Crippen LogP contribution in [0.15, 0.2) is 29.1 Å². The van der Waals surface area contributed by atoms with Crippen LogP contribution in [-0.2, 0) is 0 Å². The van der Waals surface area contributed by atoms with Crippen molar-refractivity contribution >= 4 is 0 Å². The Bertz CT molecular complexity index is 691. The molecule has 4 heteroatoms. The SMILES string of the molecule is Cc1cccc([C@@H](C)NC(C)c2c(C)nc(C)[nH]c2=O)c1. The molecule has 1 heterocycles. The lowest BCUT2D eigenvalue weighted by Crippen LogP contribution is -2.29. The van der Waals surface area contributed by atoms with Gasteiger partial charge in [-0.15, -0.1) is 0 Å². The summed E-state index contributed by atoms with van der Waals surface area (Å²) in [6.45, 7) is 9.87. The van der Waals surface area contributed by atoms with Crippen molar-refractivity contribution in [2.45, 2.75) is 46.7 Å². The molecule has 2 atom stereocenters. The lowest BCUT2D eigenvalue weighted by atomic mass is 10.0. The predicted octanol–water partition coefficient (Wildman–Crippen LogP) is 3.11. The summed E-state index contributed by atoms with van der Waals surface area (Å²) in [5.41, 5.74) is 3.89. The summed E-state index contributed by atoms with van der Waals surface area (Å²) in [5, 5.41) is 3.48. The van der Waals surface area contributed by atoms with E-state index in [9.17, 15) is 4.79 Å². The highest BCUT2D eigenvalue weighted by molar-refractivity contribution is 5.26. The van der Waals surface area contributed by atoms with Crippen LogP contribution in [0, 0.1) is 20.8 Å². The quantitative estimate of drug-likeness (QED) is 0.907. The van der Waals surface area contributed by atoms with E-state index in [0.717, 1.165) is 5.69 Å². The van der Waals surface area contributed by atoms with Crippen molar-refractivity contribution in [3.8, 4) is 0 Å². The van der Waals surface area contributed by atoms with Gasteiger partial charge in [-0.05, 0) is 40.2 Å². The molecule has 21 heavy (non-hydrogen) atoms. The third-order valence-electron chi connectivity index (χ3n) is 3.74. The predicted molar refractivity (Wildman–Crippen MR) is 85.5 cm³/mol. The topological polar surface area (TPSA) is 57.8 Å². The zero-order chi connectivity index (χ0) is 15.6. The first-order chi connectivity index (χ1) is 9.88. The number of aromatic nitrogens is 2. The van der Waals surface area contributed by atoms with Crippen LogP contribution >= 0.6 is 0 Å². The van der Waals surface area contributed by atoms with Gasteiger partial charge in [0.15, 0.2) is 0 Å². The molecule has 1 aromatic heterocycles. The van der Waals surface area contributed by atoms with Gasteiger partial charge in [0, 0.05) is 17.8 Å². The van der Waals surface area contributed by atoms with Crippen molar-refractivity contribution in [1.29, 1.82) is 0 Å². The lowest BCUT2D eigenvalue weighted by Gasteiger charge is -2.21. The molecule has 1 aromatic carbocycles. The molecule has 4 nitrogen and oxygen atoms in total. The highest BCUT2D eigenvalue weighted by Crippen LogP contribution is 2.19. The minimum atomic E-state index is -0.0588. The highest BCUT2D eigenvalue weighted by Gasteiger charge is 2.17. The van der Waals surface area contributed by atoms with E-state index in [1.807, 2.05) is 13.8 Å². The van der Waals surface area contributed by atoms with Crippen LogP contribution in [0.3, 0.4) is 0 Å². The molecule has 1 unspecified atom stereocenters. The highest BCUT2D eigenvalue weighted by atomic mass is 16.1. The maximum absolute atomic E-state index is 12.1. The molecule has 0 aliphatic rings. The molecule has 0 amide bonds. The molecule has 2 N–H and O–H groups in total. The van der Waals surface area contributed by atoms with Crippen molar-refractivity contribution in [3.05, 3.63) is 62.8 Å². The normalized spacial score (nSPS) is 14.0. The molecule has 0 bridgehead atoms. The van der Waals surface area contributed by atoms with E-state index < -0.39 is 0 Å². The second kappa shape index (κ2) is 6.22. The van der Waals surface area contributed by atoms with Gasteiger partial charge in [-0.1, -0.05) is 29.8 Å². The van der Waals surface area contributed by atoms with Crippen LogP contribution in [0.4, 0.5) is 0 Å². The van der Waals surface area contributed by atoms with Gasteiger partial charge in [-0.2, -0.15) is 0 Å². The summed E-state index contributed by atoms with van der Waals surface area (Å²) in [5.74, 6) is 0.653. The summed E-state index contributed by atoms with van der Waals surface area (Å²) < 4.78 is 0. The number of nitrogens with zero attached hydrogens (tertiary/aromatic N) is 1. The van der Waals surface area contributed by atoms with Crippen LogP contribution in [0.2, 0.25) is 0 Å². The Morgan fingerprint density at radius 1 is 1.14 bits per heavy atom. The third kappa shape index (κ3) is 3.58. The Kier molecular flexibility index (Phi) is 4.58. The Balaban J connectivity index is 2.22. The number of hydrogen-bond donors (Lipinski definition) is 2. The lowest BCUT2D eigenvalue weighted by molar-refractivity contribution is 0.487. The first-order valence-electron chi connectivity index (χ1n) is 7.28. The molecule has 0 aliphatic heterocycles. The van der Waals surface area contributed by atoms with Gasteiger partial charge in [0.05, 0.1) is 5.56 Å². The zero-order valence-electron chi connectivity index (χ0n) is 13.3. The molecule has 2 aromatic rings. The van der Waals surface area contributed by atoms with E-state index in [-0.39, 0.29) is 17.6 Å². The van der Waals surface area contributed by atoms with Crippen molar-refractivity contribution in [2.75, 3.05) is 0 Å². The van der Waals surface area contributed by atoms with E-state index in [1.54, 1.807) is 6.92 Å². The van der Waals surface area contributed by atoms with Crippen LogP contribution in [-0.4, -0.2) is 9.97 Å². The molecule has 2 rings (SSSR count). The molecular weight excluding hydrogens is 262 g/mol. The van der Waals surface area contributed by atoms with E-state index in [1.165, 1.54) is 11.1 Å². The molecule has 0 aliphatic carbocycles. The summed E-state index contributed by atoms with van der Waals surface area (Å²) in [7, 11) is 0. The summed E-state index contributed by atoms with van der Waals surface area (Å²) in [6.07, 6.45) is 0. The van der Waals surface area contributed by atoms with Crippen LogP contribution < -0.4 is 10.9 Å². The van der Waals surface area contributed by atoms with E-state index >= 15 is 0 Å². The smallest absolute Gasteiger partial charge is 0.255 e. The minimum absolute atomic E-state index is 0.0580. The van der Waals surface area contributed by atoms with E-state index in [0.29, 0.717) is 11.4 Å². The second-order valence-corrected chi connectivity index (χ2v) is 5.67. The number of benzene rings is 1. The van der Waals surface area contributed by atoms with E-state index in [2.05, 4.69) is 53.4 Å². The van der Waals surface area contributed by atoms with Crippen molar-refractivity contribution in [3.63, 3.8) is 0 Å². The Morgan fingerprint density at radius 3 is 2.48 bits per heavy atom. The van der Waals surface area contributed by atoms with Crippen LogP contribution in [0.25, 0.3) is 0 Å². The monoisotopic (exact) mass is 285 g/mol. The van der Waals surface area contributed by atoms with Crippen molar-refractivity contribution in [2.24, 2.45) is 0 Å². The largest absolute Gasteiger partial charge is 0.310 e. The van der Waals surface area contributed by atoms with Gasteiger partial charge in [-0.3, -0.25) is 4.79 Å². The molecule has 0 saturated carbocycles. The van der Waals surface area contributed by atoms with Gasteiger partial charge >= 0.3 is 0 Å². The molecule has 0 fully saturated rings. The van der Waals surface area contributed by atoms with Gasteiger partial charge in [-0.25, -0.2) is 4.98 Å². The third-order valence-corrected chi connectivity index (χ3v) is 3.74. The molecule has 0 saturated heterocycles. The number of aromatic amines is 1. The number of hydrogen-bond acceptors (Lipinski definition) is 3. The maximum Gasteiger partial charge on any atom is 0.255 e. The fourth-order valence-corrected chi connectivity index (χ4v) is 2.74. The minimum Gasteiger partial charge on any atom is -0.310 e. The fourth-order valence-electron chi connectivity index (χ4n) is 2.74. The number of aryl methyl sites for hydroxylation is 3. The molecule has 112 valence electrons. The number of H-pyrrole nitrogens is 1. The molecular formula is C17H23N3O. The van der Waals surface area contributed by atoms with Crippen LogP contribution in [0.1, 0.15) is 54.1 Å². The summed E-state index contributed by atoms with van der Waals surface area (Å²) >= 11 is 0. The standard InChI is InChI=1S/C17H23N3O/c1-10-7-6-8-15(9-10)11(2)18-12(3)16-13(4)19-14(5)20-17(16)21/h6-9,11-12,18H,1-5H3,(H,19,20,21)/t11-,12?/m1/s1. The Morgan fingerprint density at radius 2 is 1.86 bits per heavy atom. The van der Waals surface area contributed by atoms with E-state index in [4.69, 9.17) is 0 Å². The maximum atomic E-state index is 12.1. The van der Waals surface area contributed by atoms with Crippen LogP contribution in [0.5, 0.6) is 0 Å². The van der Waals surface area contributed by atoms with Gasteiger partial charge in [0.1, 0.15) is 5.82 Å². The van der Waals surface area contributed by atoms with Crippen molar-refractivity contribution in [1.82, 2.24) is 15.3 Å². The second-order valence-electron chi connectivity index (χ2n) is 5.67. The van der Waals surface area contributed by atoms with Gasteiger partial charge < -0.3 is 10.3 Å². The molecule has 0 radical (unpaired) electrons. The fraction of sp³-hybridized carbons (Fsp3) is 0.412. The van der Waals surface area contributed by atoms with Gasteiger partial charge in [0.25, 0.3) is 5.56 Å². The van der Waals surface area contributed by atoms with Crippen molar-refractivity contribution < 1.29 is 0 Å². The Hall–Kier alpha value is -1.94. The summed E-state index contributed by atoms with van der Waals surface area (Å²) in [6, 6.07) is 8.51. The average molecular weight is 285 g/mol. The first-order valence-corrected chi connectivity index (χ1v) is 7.28. The Labute approximate surface area is 125 Å². The first kappa shape index (κ1) is 15.4. The summed E-state index contributed by atoms with van der Waals surface area (Å²) in [4.78, 5) is 19.3. The zero-order valence-corrected chi connectivity index (χ0v) is 13.3. The number of rotatable bonds is 4.